The molecule has 1 aromatic carbocycles. The van der Waals surface area contributed by atoms with Gasteiger partial charge in [-0.3, -0.25) is 0 Å². The Kier molecular flexibility index (Phi) is 3.40. The predicted octanol–water partition coefficient (Wildman–Crippen LogP) is 4.01. The van der Waals surface area contributed by atoms with Crippen molar-refractivity contribution in [1.82, 2.24) is 9.55 Å². The molecule has 0 atom stereocenters. The summed E-state index contributed by atoms with van der Waals surface area (Å²) in [5, 5.41) is 0. The summed E-state index contributed by atoms with van der Waals surface area (Å²) in [5.41, 5.74) is 9.59. The summed E-state index contributed by atoms with van der Waals surface area (Å²) in [6.07, 6.45) is 1.81. The molecule has 0 aliphatic rings. The first-order chi connectivity index (χ1) is 8.80. The van der Waals surface area contributed by atoms with Crippen molar-refractivity contribution < 1.29 is 0 Å². The molecule has 3 heteroatoms. The zero-order valence-corrected chi connectivity index (χ0v) is 12.4. The Bertz CT molecular complexity index is 557. The molecule has 19 heavy (non-hydrogen) atoms. The number of hydrogen-bond acceptors (Lipinski definition) is 2. The van der Waals surface area contributed by atoms with Crippen LogP contribution in [0, 0.1) is 0 Å². The molecule has 0 spiro atoms. The van der Waals surface area contributed by atoms with E-state index in [1.54, 1.807) is 0 Å². The summed E-state index contributed by atoms with van der Waals surface area (Å²) in [4.78, 5) is 4.44. The second-order valence-corrected chi connectivity index (χ2v) is 6.31. The number of benzene rings is 1. The highest BCUT2D eigenvalue weighted by Gasteiger charge is 2.15. The van der Waals surface area contributed by atoms with Crippen LogP contribution in [0.3, 0.4) is 0 Å². The molecule has 2 N–H and O–H groups in total. The van der Waals surface area contributed by atoms with Crippen molar-refractivity contribution in [3.8, 4) is 11.3 Å². The van der Waals surface area contributed by atoms with Crippen LogP contribution < -0.4 is 5.73 Å². The molecule has 1 aromatic heterocycles. The van der Waals surface area contributed by atoms with Crippen LogP contribution in [0.25, 0.3) is 11.3 Å². The fourth-order valence-electron chi connectivity index (χ4n) is 2.13. The standard InChI is InChI=1S/C16H23N3/c1-11(2)19-10-18-14(15(19)17)12-6-8-13(9-7-12)16(3,4)5/h6-11H,17H2,1-5H3. The maximum atomic E-state index is 6.16. The maximum absolute atomic E-state index is 6.16. The topological polar surface area (TPSA) is 43.8 Å². The van der Waals surface area contributed by atoms with Gasteiger partial charge in [0.25, 0.3) is 0 Å². The minimum Gasteiger partial charge on any atom is -0.383 e. The Morgan fingerprint density at radius 2 is 1.68 bits per heavy atom. The third-order valence-corrected chi connectivity index (χ3v) is 3.41. The molecule has 1 heterocycles. The zero-order chi connectivity index (χ0) is 14.2. The van der Waals surface area contributed by atoms with Crippen LogP contribution in [0.15, 0.2) is 30.6 Å². The summed E-state index contributed by atoms with van der Waals surface area (Å²) in [6.45, 7) is 10.8. The first-order valence-corrected chi connectivity index (χ1v) is 6.74. The molecule has 0 saturated heterocycles. The fourth-order valence-corrected chi connectivity index (χ4v) is 2.13. The van der Waals surface area contributed by atoms with Gasteiger partial charge in [-0.2, -0.15) is 0 Å². The van der Waals surface area contributed by atoms with E-state index in [4.69, 9.17) is 5.73 Å². The number of aromatic nitrogens is 2. The first-order valence-electron chi connectivity index (χ1n) is 6.74. The molecule has 3 nitrogen and oxygen atoms in total. The van der Waals surface area contributed by atoms with Gasteiger partial charge in [-0.1, -0.05) is 45.0 Å². The van der Waals surface area contributed by atoms with Crippen molar-refractivity contribution in [2.75, 3.05) is 5.73 Å². The third-order valence-electron chi connectivity index (χ3n) is 3.41. The van der Waals surface area contributed by atoms with E-state index in [9.17, 15) is 0 Å². The lowest BCUT2D eigenvalue weighted by atomic mass is 9.86. The van der Waals surface area contributed by atoms with E-state index in [2.05, 4.69) is 63.9 Å². The van der Waals surface area contributed by atoms with Gasteiger partial charge in [-0.25, -0.2) is 4.98 Å². The highest BCUT2D eigenvalue weighted by atomic mass is 15.1. The number of anilines is 1. The Morgan fingerprint density at radius 1 is 1.11 bits per heavy atom. The molecule has 102 valence electrons. The summed E-state index contributed by atoms with van der Waals surface area (Å²) >= 11 is 0. The Balaban J connectivity index is 2.38. The summed E-state index contributed by atoms with van der Waals surface area (Å²) in [5.74, 6) is 0.735. The number of imidazole rings is 1. The summed E-state index contributed by atoms with van der Waals surface area (Å²) in [7, 11) is 0. The lowest BCUT2D eigenvalue weighted by Crippen LogP contribution is -2.10. The predicted molar refractivity (Wildman–Crippen MR) is 81.2 cm³/mol. The van der Waals surface area contributed by atoms with E-state index >= 15 is 0 Å². The second kappa shape index (κ2) is 4.72. The Morgan fingerprint density at radius 3 is 2.11 bits per heavy atom. The van der Waals surface area contributed by atoms with E-state index in [-0.39, 0.29) is 5.41 Å². The molecule has 0 unspecified atom stereocenters. The van der Waals surface area contributed by atoms with Gasteiger partial charge in [0.15, 0.2) is 0 Å². The molecule has 2 aromatic rings. The molecule has 0 aliphatic carbocycles. The van der Waals surface area contributed by atoms with Gasteiger partial charge >= 0.3 is 0 Å². The smallest absolute Gasteiger partial charge is 0.131 e. The van der Waals surface area contributed by atoms with Gasteiger partial charge < -0.3 is 10.3 Å². The highest BCUT2D eigenvalue weighted by Crippen LogP contribution is 2.29. The monoisotopic (exact) mass is 257 g/mol. The van der Waals surface area contributed by atoms with Gasteiger partial charge in [0.2, 0.25) is 0 Å². The van der Waals surface area contributed by atoms with E-state index in [0.29, 0.717) is 6.04 Å². The molecular formula is C16H23N3. The second-order valence-electron chi connectivity index (χ2n) is 6.31. The van der Waals surface area contributed by atoms with Crippen molar-refractivity contribution in [1.29, 1.82) is 0 Å². The molecule has 0 aliphatic heterocycles. The number of nitrogens with two attached hydrogens (primary N) is 1. The maximum Gasteiger partial charge on any atom is 0.131 e. The van der Waals surface area contributed by atoms with Crippen LogP contribution in [0.1, 0.15) is 46.2 Å². The van der Waals surface area contributed by atoms with Crippen LogP contribution in [-0.2, 0) is 5.41 Å². The zero-order valence-electron chi connectivity index (χ0n) is 12.4. The lowest BCUT2D eigenvalue weighted by molar-refractivity contribution is 0.590. The van der Waals surface area contributed by atoms with Crippen LogP contribution in [0.5, 0.6) is 0 Å². The van der Waals surface area contributed by atoms with Crippen LogP contribution in [0.2, 0.25) is 0 Å². The van der Waals surface area contributed by atoms with E-state index in [1.807, 2.05) is 10.9 Å². The molecule has 2 rings (SSSR count). The average molecular weight is 257 g/mol. The molecule has 0 radical (unpaired) electrons. The van der Waals surface area contributed by atoms with Crippen molar-refractivity contribution in [3.63, 3.8) is 0 Å². The quantitative estimate of drug-likeness (QED) is 0.883. The van der Waals surface area contributed by atoms with Gasteiger partial charge in [-0.15, -0.1) is 0 Å². The van der Waals surface area contributed by atoms with Gasteiger partial charge in [0.05, 0.1) is 6.33 Å². The molecule has 0 amide bonds. The van der Waals surface area contributed by atoms with Gasteiger partial charge in [0, 0.05) is 11.6 Å². The Hall–Kier alpha value is -1.77. The summed E-state index contributed by atoms with van der Waals surface area (Å²) < 4.78 is 1.99. The number of nitrogen functional groups attached to an aromatic ring is 1. The largest absolute Gasteiger partial charge is 0.383 e. The minimum atomic E-state index is 0.168. The normalized spacial score (nSPS) is 12.1. The van der Waals surface area contributed by atoms with Crippen LogP contribution in [0.4, 0.5) is 5.82 Å². The first kappa shape index (κ1) is 13.7. The molecular weight excluding hydrogens is 234 g/mol. The fraction of sp³-hybridized carbons (Fsp3) is 0.438. The van der Waals surface area contributed by atoms with E-state index in [1.165, 1.54) is 5.56 Å². The van der Waals surface area contributed by atoms with Crippen molar-refractivity contribution in [2.24, 2.45) is 0 Å². The SMILES string of the molecule is CC(C)n1cnc(-c2ccc(C(C)(C)C)cc2)c1N. The number of hydrogen-bond donors (Lipinski definition) is 1. The summed E-state index contributed by atoms with van der Waals surface area (Å²) in [6, 6.07) is 8.84. The molecule has 0 bridgehead atoms. The van der Waals surface area contributed by atoms with Crippen molar-refractivity contribution in [2.45, 2.75) is 46.1 Å². The molecule has 0 saturated carbocycles. The highest BCUT2D eigenvalue weighted by molar-refractivity contribution is 5.70. The van der Waals surface area contributed by atoms with Crippen molar-refractivity contribution >= 4 is 5.82 Å². The Labute approximate surface area is 115 Å². The average Bonchev–Trinajstić information content (AvgIpc) is 2.70. The van der Waals surface area contributed by atoms with Gasteiger partial charge in [0.1, 0.15) is 11.5 Å². The van der Waals surface area contributed by atoms with Crippen LogP contribution >= 0.6 is 0 Å². The lowest BCUT2D eigenvalue weighted by Gasteiger charge is -2.19. The van der Waals surface area contributed by atoms with E-state index in [0.717, 1.165) is 17.1 Å². The van der Waals surface area contributed by atoms with E-state index < -0.39 is 0 Å². The third kappa shape index (κ3) is 2.65. The minimum absolute atomic E-state index is 0.168. The van der Waals surface area contributed by atoms with Gasteiger partial charge in [-0.05, 0) is 24.8 Å². The number of rotatable bonds is 2. The van der Waals surface area contributed by atoms with Crippen molar-refractivity contribution in [3.05, 3.63) is 36.2 Å². The number of nitrogens with zero attached hydrogens (tertiary/aromatic N) is 2. The molecule has 0 fully saturated rings. The van der Waals surface area contributed by atoms with Crippen LogP contribution in [-0.4, -0.2) is 9.55 Å².